The number of fused-ring (bicyclic) bond motifs is 1. The van der Waals surface area contributed by atoms with Gasteiger partial charge < -0.3 is 14.6 Å². The molecule has 4 rings (SSSR count). The monoisotopic (exact) mass is 443 g/mol. The molecule has 0 fully saturated rings. The molecule has 0 atom stereocenters. The molecule has 1 aliphatic carbocycles. The Balaban J connectivity index is 1.79. The van der Waals surface area contributed by atoms with Crippen molar-refractivity contribution in [2.24, 2.45) is 4.99 Å². The second-order valence-corrected chi connectivity index (χ2v) is 7.97. The number of hydrogen-bond donors (Lipinski definition) is 1. The summed E-state index contributed by atoms with van der Waals surface area (Å²) in [6, 6.07) is 6.69. The summed E-state index contributed by atoms with van der Waals surface area (Å²) in [5, 5.41) is 15.7. The summed E-state index contributed by atoms with van der Waals surface area (Å²) < 4.78 is 16.4. The lowest BCUT2D eigenvalue weighted by molar-refractivity contribution is -0.673. The normalized spacial score (nSPS) is 13.7. The van der Waals surface area contributed by atoms with Crippen LogP contribution in [0.1, 0.15) is 46.3 Å². The van der Waals surface area contributed by atoms with Crippen LogP contribution in [0.3, 0.4) is 0 Å². The molecule has 0 unspecified atom stereocenters. The number of benzene rings is 1. The van der Waals surface area contributed by atoms with Crippen molar-refractivity contribution >= 4 is 28.2 Å². The highest BCUT2D eigenvalue weighted by molar-refractivity contribution is 7.16. The molecule has 0 amide bonds. The third kappa shape index (κ3) is 3.98. The van der Waals surface area contributed by atoms with Gasteiger partial charge in [-0.25, -0.2) is 14.6 Å². The summed E-state index contributed by atoms with van der Waals surface area (Å²) >= 11 is 1.30. The average Bonchev–Trinajstić information content (AvgIpc) is 3.34. The van der Waals surface area contributed by atoms with E-state index >= 15 is 0 Å². The highest BCUT2D eigenvalue weighted by Gasteiger charge is 2.28. The van der Waals surface area contributed by atoms with Gasteiger partial charge in [0.2, 0.25) is 5.69 Å². The molecule has 0 bridgehead atoms. The molecule has 0 saturated heterocycles. The predicted molar refractivity (Wildman–Crippen MR) is 111 cm³/mol. The second kappa shape index (κ2) is 8.76. The maximum absolute atomic E-state index is 13.0. The number of aromatic nitrogens is 2. The number of carbonyl (C=O) groups excluding carboxylic acids is 1. The number of nitrogens with zero attached hydrogens (tertiary/aromatic N) is 2. The van der Waals surface area contributed by atoms with Crippen LogP contribution in [0.4, 0.5) is 5.00 Å². The van der Waals surface area contributed by atoms with Crippen LogP contribution in [0.5, 0.6) is 5.75 Å². The van der Waals surface area contributed by atoms with E-state index in [0.717, 1.165) is 36.1 Å². The van der Waals surface area contributed by atoms with Gasteiger partial charge in [0.15, 0.2) is 0 Å². The van der Waals surface area contributed by atoms with Crippen LogP contribution in [0.25, 0.3) is 5.69 Å². The van der Waals surface area contributed by atoms with Gasteiger partial charge in [-0.2, -0.15) is 0 Å². The van der Waals surface area contributed by atoms with Crippen molar-refractivity contribution in [3.05, 3.63) is 56.4 Å². The Morgan fingerprint density at radius 3 is 2.74 bits per heavy atom. The van der Waals surface area contributed by atoms with Gasteiger partial charge in [-0.05, 0) is 60.3 Å². The number of rotatable bonds is 6. The molecule has 2 heterocycles. The Hall–Kier alpha value is -3.40. The van der Waals surface area contributed by atoms with Gasteiger partial charge in [-0.15, -0.1) is 11.3 Å². The van der Waals surface area contributed by atoms with Gasteiger partial charge >= 0.3 is 17.3 Å². The third-order valence-corrected chi connectivity index (χ3v) is 6.20. The molecule has 1 N–H and O–H groups in total. The van der Waals surface area contributed by atoms with Gasteiger partial charge in [0.05, 0.1) is 25.2 Å². The number of esters is 1. The molecule has 0 saturated carbocycles. The maximum atomic E-state index is 13.0. The van der Waals surface area contributed by atoms with Gasteiger partial charge in [-0.3, -0.25) is 4.52 Å². The zero-order valence-corrected chi connectivity index (χ0v) is 17.9. The van der Waals surface area contributed by atoms with Crippen LogP contribution in [-0.2, 0) is 17.6 Å². The smallest absolute Gasteiger partial charge is 0.436 e. The van der Waals surface area contributed by atoms with Crippen LogP contribution >= 0.6 is 11.3 Å². The molecule has 3 aromatic rings. The van der Waals surface area contributed by atoms with E-state index in [1.165, 1.54) is 23.1 Å². The van der Waals surface area contributed by atoms with Crippen molar-refractivity contribution < 1.29 is 28.6 Å². The SMILES string of the molecule is CCOC(=O)c1c(/N=C(\[O-])c2c(=O)o[nH][n+]2-c2ccc(OC)cc2)sc2c1CCCC2. The minimum atomic E-state index is -0.858. The molecule has 0 aliphatic heterocycles. The van der Waals surface area contributed by atoms with Crippen molar-refractivity contribution in [1.29, 1.82) is 0 Å². The van der Waals surface area contributed by atoms with Gasteiger partial charge in [0.1, 0.15) is 10.8 Å². The summed E-state index contributed by atoms with van der Waals surface area (Å²) in [4.78, 5) is 30.0. The van der Waals surface area contributed by atoms with Crippen molar-refractivity contribution in [3.8, 4) is 11.4 Å². The largest absolute Gasteiger partial charge is 0.854 e. The molecule has 0 spiro atoms. The molecule has 1 aliphatic rings. The summed E-state index contributed by atoms with van der Waals surface area (Å²) in [7, 11) is 1.54. The van der Waals surface area contributed by atoms with Crippen LogP contribution in [0.15, 0.2) is 38.6 Å². The van der Waals surface area contributed by atoms with Crippen molar-refractivity contribution in [2.45, 2.75) is 32.6 Å². The van der Waals surface area contributed by atoms with Crippen LogP contribution < -0.4 is 20.2 Å². The molecule has 10 heteroatoms. The number of aryl methyl sites for hydroxylation is 1. The summed E-state index contributed by atoms with van der Waals surface area (Å²) in [6.45, 7) is 1.94. The van der Waals surface area contributed by atoms with Crippen molar-refractivity contribution in [3.63, 3.8) is 0 Å². The molecule has 162 valence electrons. The number of H-pyrrole nitrogens is 1. The lowest BCUT2D eigenvalue weighted by Gasteiger charge is -2.12. The first kappa shape index (κ1) is 20.9. The number of methoxy groups -OCH3 is 1. The minimum absolute atomic E-state index is 0.218. The van der Waals surface area contributed by atoms with E-state index in [-0.39, 0.29) is 17.3 Å². The van der Waals surface area contributed by atoms with E-state index in [2.05, 4.69) is 10.3 Å². The zero-order valence-electron chi connectivity index (χ0n) is 17.1. The van der Waals surface area contributed by atoms with E-state index in [0.29, 0.717) is 17.0 Å². The molecule has 31 heavy (non-hydrogen) atoms. The number of carbonyl (C=O) groups is 1. The van der Waals surface area contributed by atoms with Crippen molar-refractivity contribution in [2.75, 3.05) is 13.7 Å². The predicted octanol–water partition coefficient (Wildman–Crippen LogP) is 1.81. The van der Waals surface area contributed by atoms with E-state index < -0.39 is 17.5 Å². The lowest BCUT2D eigenvalue weighted by atomic mass is 9.95. The Kier molecular flexibility index (Phi) is 5.90. The zero-order chi connectivity index (χ0) is 22.0. The number of ether oxygens (including phenoxy) is 2. The fourth-order valence-corrected chi connectivity index (χ4v) is 4.80. The van der Waals surface area contributed by atoms with Gasteiger partial charge in [0, 0.05) is 17.0 Å². The van der Waals surface area contributed by atoms with E-state index in [9.17, 15) is 14.7 Å². The number of nitrogens with one attached hydrogen (secondary N) is 1. The maximum Gasteiger partial charge on any atom is 0.436 e. The highest BCUT2D eigenvalue weighted by Crippen LogP contribution is 2.40. The number of aliphatic imine (C=N–C) groups is 1. The molecule has 9 nitrogen and oxygen atoms in total. The first-order valence-electron chi connectivity index (χ1n) is 9.89. The summed E-state index contributed by atoms with van der Waals surface area (Å²) in [5.74, 6) is -0.691. The molecular formula is C21H21N3O6S. The molecule has 0 radical (unpaired) electrons. The highest BCUT2D eigenvalue weighted by atomic mass is 32.1. The molecule has 2 aromatic heterocycles. The first-order chi connectivity index (χ1) is 15.0. The van der Waals surface area contributed by atoms with Crippen LogP contribution in [-0.4, -0.2) is 30.9 Å². The fourth-order valence-electron chi connectivity index (χ4n) is 3.56. The summed E-state index contributed by atoms with van der Waals surface area (Å²) in [5.41, 5.74) is 0.549. The quantitative estimate of drug-likeness (QED) is 0.268. The van der Waals surface area contributed by atoms with E-state index in [1.54, 1.807) is 31.2 Å². The Bertz CT molecular complexity index is 1190. The Morgan fingerprint density at radius 2 is 2.03 bits per heavy atom. The summed E-state index contributed by atoms with van der Waals surface area (Å²) in [6.07, 6.45) is 3.54. The van der Waals surface area contributed by atoms with Crippen molar-refractivity contribution in [1.82, 2.24) is 5.27 Å². The van der Waals surface area contributed by atoms with Gasteiger partial charge in [-0.1, -0.05) is 0 Å². The number of thiophene rings is 1. The van der Waals surface area contributed by atoms with Gasteiger partial charge in [0.25, 0.3) is 0 Å². The molecule has 1 aromatic carbocycles. The fraction of sp³-hybridized carbons (Fsp3) is 0.333. The van der Waals surface area contributed by atoms with E-state index in [1.807, 2.05) is 0 Å². The Morgan fingerprint density at radius 1 is 1.29 bits per heavy atom. The second-order valence-electron chi connectivity index (χ2n) is 6.89. The average molecular weight is 443 g/mol. The van der Waals surface area contributed by atoms with E-state index in [4.69, 9.17) is 14.0 Å². The van der Waals surface area contributed by atoms with Crippen LogP contribution in [0.2, 0.25) is 0 Å². The third-order valence-electron chi connectivity index (χ3n) is 5.02. The Labute approximate surface area is 181 Å². The van der Waals surface area contributed by atoms with Crippen LogP contribution in [0, 0.1) is 0 Å². The first-order valence-corrected chi connectivity index (χ1v) is 10.7. The topological polar surface area (TPSA) is 121 Å². The minimum Gasteiger partial charge on any atom is -0.854 e. The lowest BCUT2D eigenvalue weighted by Crippen LogP contribution is -2.44. The standard InChI is InChI=1S/C21H21N3O6S/c1-3-29-20(26)16-14-6-4-5-7-15(14)31-19(16)22-18(25)17-21(27)30-23-24(17)12-8-10-13(28-2)11-9-12/h8-11H,3-7H2,1-2H3,(H-,22,23,25,26,27). The number of hydrogen-bond acceptors (Lipinski definition) is 8. The molecular weight excluding hydrogens is 422 g/mol. The number of aromatic amines is 1.